The van der Waals surface area contributed by atoms with Crippen molar-refractivity contribution in [2.75, 3.05) is 33.3 Å². The van der Waals surface area contributed by atoms with E-state index in [2.05, 4.69) is 17.4 Å². The Balaban J connectivity index is 2.01. The Bertz CT molecular complexity index is 111. The van der Waals surface area contributed by atoms with Crippen LogP contribution in [0, 0.1) is 5.92 Å². The molecule has 1 saturated heterocycles. The van der Waals surface area contributed by atoms with Gasteiger partial charge in [0.15, 0.2) is 0 Å². The van der Waals surface area contributed by atoms with Crippen molar-refractivity contribution in [3.63, 3.8) is 0 Å². The summed E-state index contributed by atoms with van der Waals surface area (Å²) in [7, 11) is 2.19. The van der Waals surface area contributed by atoms with Crippen LogP contribution in [0.25, 0.3) is 0 Å². The van der Waals surface area contributed by atoms with Crippen LogP contribution in [0.3, 0.4) is 0 Å². The maximum absolute atomic E-state index is 5.10. The molecule has 1 aliphatic heterocycles. The zero-order valence-corrected chi connectivity index (χ0v) is 8.18. The van der Waals surface area contributed by atoms with E-state index in [1.165, 1.54) is 25.9 Å². The first-order valence-corrected chi connectivity index (χ1v) is 4.86. The number of likely N-dealkylation sites (tertiary alicyclic amines) is 1. The molecule has 0 aromatic rings. The van der Waals surface area contributed by atoms with Crippen LogP contribution < -0.4 is 5.48 Å². The quantitative estimate of drug-likeness (QED) is 0.503. The number of hydroxylamine groups is 1. The minimum absolute atomic E-state index is 0.757. The molecule has 1 fully saturated rings. The second kappa shape index (κ2) is 5.51. The SMILES string of the molecule is CCONCC1CCN(C)CC1. The molecule has 1 rings (SSSR count). The van der Waals surface area contributed by atoms with Gasteiger partial charge in [-0.25, -0.2) is 5.48 Å². The Morgan fingerprint density at radius 1 is 1.42 bits per heavy atom. The Kier molecular flexibility index (Phi) is 4.58. The lowest BCUT2D eigenvalue weighted by Crippen LogP contribution is -2.34. The van der Waals surface area contributed by atoms with Crippen LogP contribution in [-0.2, 0) is 4.84 Å². The molecule has 0 saturated carbocycles. The van der Waals surface area contributed by atoms with E-state index in [0.29, 0.717) is 0 Å². The second-order valence-corrected chi connectivity index (χ2v) is 3.53. The minimum Gasteiger partial charge on any atom is -0.306 e. The molecule has 12 heavy (non-hydrogen) atoms. The zero-order chi connectivity index (χ0) is 8.81. The lowest BCUT2D eigenvalue weighted by molar-refractivity contribution is 0.0345. The fourth-order valence-electron chi connectivity index (χ4n) is 1.55. The summed E-state index contributed by atoms with van der Waals surface area (Å²) in [6, 6.07) is 0. The highest BCUT2D eigenvalue weighted by Crippen LogP contribution is 2.14. The molecule has 72 valence electrons. The second-order valence-electron chi connectivity index (χ2n) is 3.53. The van der Waals surface area contributed by atoms with Crippen LogP contribution in [0.4, 0.5) is 0 Å². The van der Waals surface area contributed by atoms with Gasteiger partial charge >= 0.3 is 0 Å². The van der Waals surface area contributed by atoms with E-state index in [4.69, 9.17) is 4.84 Å². The molecular weight excluding hydrogens is 152 g/mol. The van der Waals surface area contributed by atoms with Gasteiger partial charge in [-0.1, -0.05) is 0 Å². The van der Waals surface area contributed by atoms with Crippen LogP contribution in [-0.4, -0.2) is 38.2 Å². The highest BCUT2D eigenvalue weighted by molar-refractivity contribution is 4.70. The molecule has 0 spiro atoms. The van der Waals surface area contributed by atoms with Crippen molar-refractivity contribution in [2.24, 2.45) is 5.92 Å². The number of nitrogens with zero attached hydrogens (tertiary/aromatic N) is 1. The summed E-state index contributed by atoms with van der Waals surface area (Å²) in [5.74, 6) is 0.813. The van der Waals surface area contributed by atoms with Crippen LogP contribution in [0.2, 0.25) is 0 Å². The third-order valence-corrected chi connectivity index (χ3v) is 2.46. The largest absolute Gasteiger partial charge is 0.306 e. The average Bonchev–Trinajstić information content (AvgIpc) is 2.09. The van der Waals surface area contributed by atoms with Gasteiger partial charge in [-0.15, -0.1) is 0 Å². The Labute approximate surface area is 75.0 Å². The fourth-order valence-corrected chi connectivity index (χ4v) is 1.55. The molecule has 0 aromatic carbocycles. The molecule has 0 aromatic heterocycles. The number of hydrogen-bond donors (Lipinski definition) is 1. The molecule has 0 amide bonds. The zero-order valence-electron chi connectivity index (χ0n) is 8.18. The summed E-state index contributed by atoms with van der Waals surface area (Å²) in [6.07, 6.45) is 2.60. The van der Waals surface area contributed by atoms with Crippen molar-refractivity contribution in [2.45, 2.75) is 19.8 Å². The first-order valence-electron chi connectivity index (χ1n) is 4.86. The maximum Gasteiger partial charge on any atom is 0.0653 e. The van der Waals surface area contributed by atoms with E-state index >= 15 is 0 Å². The molecule has 0 radical (unpaired) electrons. The highest BCUT2D eigenvalue weighted by atomic mass is 16.6. The van der Waals surface area contributed by atoms with Crippen molar-refractivity contribution in [3.8, 4) is 0 Å². The normalized spacial score (nSPS) is 21.5. The molecule has 0 atom stereocenters. The van der Waals surface area contributed by atoms with Gasteiger partial charge in [0, 0.05) is 6.54 Å². The van der Waals surface area contributed by atoms with Crippen LogP contribution in [0.1, 0.15) is 19.8 Å². The lowest BCUT2D eigenvalue weighted by Gasteiger charge is -2.28. The van der Waals surface area contributed by atoms with Gasteiger partial charge < -0.3 is 9.74 Å². The third kappa shape index (κ3) is 3.52. The van der Waals surface area contributed by atoms with Crippen LogP contribution >= 0.6 is 0 Å². The number of piperidine rings is 1. The van der Waals surface area contributed by atoms with Gasteiger partial charge in [0.1, 0.15) is 0 Å². The van der Waals surface area contributed by atoms with Gasteiger partial charge in [0.2, 0.25) is 0 Å². The summed E-state index contributed by atoms with van der Waals surface area (Å²) >= 11 is 0. The molecule has 1 N–H and O–H groups in total. The molecule has 0 bridgehead atoms. The number of nitrogens with one attached hydrogen (secondary N) is 1. The number of rotatable bonds is 4. The first-order chi connectivity index (χ1) is 5.83. The fraction of sp³-hybridized carbons (Fsp3) is 1.00. The standard InChI is InChI=1S/C9H20N2O/c1-3-12-10-8-9-4-6-11(2)7-5-9/h9-10H,3-8H2,1-2H3. The van der Waals surface area contributed by atoms with Crippen molar-refractivity contribution < 1.29 is 4.84 Å². The van der Waals surface area contributed by atoms with E-state index < -0.39 is 0 Å². The van der Waals surface area contributed by atoms with Gasteiger partial charge in [0.25, 0.3) is 0 Å². The van der Waals surface area contributed by atoms with E-state index in [1.54, 1.807) is 0 Å². The van der Waals surface area contributed by atoms with Crippen molar-refractivity contribution in [1.29, 1.82) is 0 Å². The molecule has 0 unspecified atom stereocenters. The molecule has 3 nitrogen and oxygen atoms in total. The van der Waals surface area contributed by atoms with Crippen LogP contribution in [0.5, 0.6) is 0 Å². The van der Waals surface area contributed by atoms with Crippen LogP contribution in [0.15, 0.2) is 0 Å². The predicted octanol–water partition coefficient (Wildman–Crippen LogP) is 0.869. The molecule has 0 aliphatic carbocycles. The minimum atomic E-state index is 0.757. The van der Waals surface area contributed by atoms with Crippen molar-refractivity contribution in [3.05, 3.63) is 0 Å². The van der Waals surface area contributed by atoms with Gasteiger partial charge in [-0.2, -0.15) is 0 Å². The maximum atomic E-state index is 5.10. The summed E-state index contributed by atoms with van der Waals surface area (Å²) in [4.78, 5) is 7.49. The third-order valence-electron chi connectivity index (χ3n) is 2.46. The number of hydrogen-bond acceptors (Lipinski definition) is 3. The van der Waals surface area contributed by atoms with E-state index in [-0.39, 0.29) is 0 Å². The molecular formula is C9H20N2O. The molecule has 3 heteroatoms. The van der Waals surface area contributed by atoms with Crippen molar-refractivity contribution >= 4 is 0 Å². The van der Waals surface area contributed by atoms with E-state index in [1.807, 2.05) is 6.92 Å². The Morgan fingerprint density at radius 2 is 2.08 bits per heavy atom. The average molecular weight is 172 g/mol. The predicted molar refractivity (Wildman–Crippen MR) is 49.8 cm³/mol. The first kappa shape index (κ1) is 9.96. The molecule has 1 aliphatic rings. The Morgan fingerprint density at radius 3 is 2.67 bits per heavy atom. The highest BCUT2D eigenvalue weighted by Gasteiger charge is 2.15. The van der Waals surface area contributed by atoms with Gasteiger partial charge in [-0.05, 0) is 45.8 Å². The lowest BCUT2D eigenvalue weighted by atomic mass is 9.98. The Hall–Kier alpha value is -0.120. The van der Waals surface area contributed by atoms with E-state index in [0.717, 1.165) is 19.1 Å². The summed E-state index contributed by atoms with van der Waals surface area (Å²) in [5.41, 5.74) is 3.00. The monoisotopic (exact) mass is 172 g/mol. The molecule has 1 heterocycles. The smallest absolute Gasteiger partial charge is 0.0653 e. The summed E-state index contributed by atoms with van der Waals surface area (Å²) < 4.78 is 0. The summed E-state index contributed by atoms with van der Waals surface area (Å²) in [6.45, 7) is 6.24. The van der Waals surface area contributed by atoms with Gasteiger partial charge in [-0.3, -0.25) is 0 Å². The van der Waals surface area contributed by atoms with Crippen molar-refractivity contribution in [1.82, 2.24) is 10.4 Å². The van der Waals surface area contributed by atoms with E-state index in [9.17, 15) is 0 Å². The topological polar surface area (TPSA) is 24.5 Å². The summed E-state index contributed by atoms with van der Waals surface area (Å²) in [5, 5.41) is 0. The van der Waals surface area contributed by atoms with Gasteiger partial charge in [0.05, 0.1) is 6.61 Å².